The minimum Gasteiger partial charge on any atom is -0.445 e. The van der Waals surface area contributed by atoms with Gasteiger partial charge in [-0.1, -0.05) is 46.3 Å². The summed E-state index contributed by atoms with van der Waals surface area (Å²) in [7, 11) is 0. The number of nitrogens with zero attached hydrogens (tertiary/aromatic N) is 1. The molecule has 5 nitrogen and oxygen atoms in total. The molecule has 0 aromatic heterocycles. The highest BCUT2D eigenvalue weighted by Gasteiger charge is 2.54. The predicted octanol–water partition coefficient (Wildman–Crippen LogP) is 3.59. The van der Waals surface area contributed by atoms with Gasteiger partial charge in [-0.05, 0) is 23.8 Å². The van der Waals surface area contributed by atoms with E-state index < -0.39 is 11.6 Å². The summed E-state index contributed by atoms with van der Waals surface area (Å²) in [6.45, 7) is 1.36. The van der Waals surface area contributed by atoms with Gasteiger partial charge in [0, 0.05) is 29.0 Å². The Balaban J connectivity index is 1.51. The molecular formula is C19H18BrFN2O3. The Morgan fingerprint density at radius 3 is 2.96 bits per heavy atom. The van der Waals surface area contributed by atoms with Crippen LogP contribution in [0.1, 0.15) is 11.1 Å². The zero-order valence-corrected chi connectivity index (χ0v) is 15.5. The van der Waals surface area contributed by atoms with Crippen LogP contribution in [-0.4, -0.2) is 30.7 Å². The van der Waals surface area contributed by atoms with E-state index in [4.69, 9.17) is 9.57 Å². The van der Waals surface area contributed by atoms with Crippen LogP contribution in [0.25, 0.3) is 0 Å². The summed E-state index contributed by atoms with van der Waals surface area (Å²) >= 11 is 3.39. The number of hydroxylamine groups is 1. The van der Waals surface area contributed by atoms with Gasteiger partial charge in [-0.3, -0.25) is 0 Å². The second-order valence-electron chi connectivity index (χ2n) is 6.63. The van der Waals surface area contributed by atoms with Gasteiger partial charge in [0.1, 0.15) is 12.4 Å². The number of carbonyl (C=O) groups excluding carboxylic acids is 1. The van der Waals surface area contributed by atoms with Crippen LogP contribution in [0.5, 0.6) is 0 Å². The highest BCUT2D eigenvalue weighted by molar-refractivity contribution is 9.10. The van der Waals surface area contributed by atoms with E-state index in [1.165, 1.54) is 6.07 Å². The van der Waals surface area contributed by atoms with Crippen LogP contribution in [0.2, 0.25) is 0 Å². The predicted molar refractivity (Wildman–Crippen MR) is 96.6 cm³/mol. The third-order valence-electron chi connectivity index (χ3n) is 4.99. The van der Waals surface area contributed by atoms with Crippen LogP contribution < -0.4 is 5.48 Å². The van der Waals surface area contributed by atoms with E-state index in [1.54, 1.807) is 17.0 Å². The summed E-state index contributed by atoms with van der Waals surface area (Å²) in [5.74, 6) is -0.369. The first kappa shape index (κ1) is 17.5. The van der Waals surface area contributed by atoms with Crippen molar-refractivity contribution in [1.29, 1.82) is 0 Å². The molecule has 7 heteroatoms. The lowest BCUT2D eigenvalue weighted by molar-refractivity contribution is 0.0417. The van der Waals surface area contributed by atoms with Crippen molar-refractivity contribution in [2.24, 2.45) is 5.92 Å². The van der Waals surface area contributed by atoms with Crippen molar-refractivity contribution in [1.82, 2.24) is 10.4 Å². The Labute approximate surface area is 159 Å². The van der Waals surface area contributed by atoms with E-state index in [9.17, 15) is 9.18 Å². The average Bonchev–Trinajstić information content (AvgIpc) is 3.21. The Bertz CT molecular complexity index is 820. The number of hydrogen-bond acceptors (Lipinski definition) is 4. The number of amides is 1. The number of carbonyl (C=O) groups is 1. The maximum Gasteiger partial charge on any atom is 0.410 e. The minimum atomic E-state index is -0.764. The number of hydrogen-bond donors (Lipinski definition) is 1. The molecule has 0 radical (unpaired) electrons. The Hall–Kier alpha value is -1.96. The first-order valence-electron chi connectivity index (χ1n) is 8.38. The molecule has 2 heterocycles. The van der Waals surface area contributed by atoms with Crippen molar-refractivity contribution in [2.75, 3.05) is 19.7 Å². The Kier molecular flexibility index (Phi) is 4.69. The fraction of sp³-hybridized carbons (Fsp3) is 0.316. The second-order valence-corrected chi connectivity index (χ2v) is 7.54. The van der Waals surface area contributed by atoms with Crippen molar-refractivity contribution < 1.29 is 18.8 Å². The summed E-state index contributed by atoms with van der Waals surface area (Å²) < 4.78 is 20.7. The van der Waals surface area contributed by atoms with Gasteiger partial charge in [-0.15, -0.1) is 0 Å². The fourth-order valence-electron chi connectivity index (χ4n) is 3.65. The number of rotatable bonds is 3. The van der Waals surface area contributed by atoms with Gasteiger partial charge in [0.15, 0.2) is 0 Å². The van der Waals surface area contributed by atoms with Crippen LogP contribution in [0.15, 0.2) is 53.0 Å². The lowest BCUT2D eigenvalue weighted by Crippen LogP contribution is -2.44. The van der Waals surface area contributed by atoms with Crippen LogP contribution in [0.3, 0.4) is 0 Å². The first-order valence-corrected chi connectivity index (χ1v) is 9.18. The van der Waals surface area contributed by atoms with Gasteiger partial charge >= 0.3 is 6.09 Å². The molecule has 2 aromatic rings. The molecule has 2 unspecified atom stereocenters. The van der Waals surface area contributed by atoms with Crippen LogP contribution in [-0.2, 0) is 21.7 Å². The van der Waals surface area contributed by atoms with Crippen molar-refractivity contribution in [3.05, 3.63) is 69.9 Å². The van der Waals surface area contributed by atoms with Gasteiger partial charge in [0.25, 0.3) is 0 Å². The molecule has 2 fully saturated rings. The third kappa shape index (κ3) is 3.11. The maximum atomic E-state index is 14.5. The molecule has 2 saturated heterocycles. The van der Waals surface area contributed by atoms with E-state index >= 15 is 0 Å². The topological polar surface area (TPSA) is 50.8 Å². The molecule has 4 rings (SSSR count). The normalized spacial score (nSPS) is 24.5. The lowest BCUT2D eigenvalue weighted by Gasteiger charge is -2.28. The monoisotopic (exact) mass is 420 g/mol. The molecule has 2 aliphatic rings. The molecule has 1 amide bonds. The zero-order chi connectivity index (χ0) is 18.1. The van der Waals surface area contributed by atoms with Crippen molar-refractivity contribution in [3.63, 3.8) is 0 Å². The fourth-order valence-corrected chi connectivity index (χ4v) is 4.01. The zero-order valence-electron chi connectivity index (χ0n) is 14.0. The number of likely N-dealkylation sites (tertiary alicyclic amines) is 1. The molecular weight excluding hydrogens is 403 g/mol. The molecule has 0 saturated carbocycles. The van der Waals surface area contributed by atoms with Gasteiger partial charge in [0.2, 0.25) is 0 Å². The molecule has 2 aliphatic heterocycles. The van der Waals surface area contributed by atoms with Crippen LogP contribution in [0.4, 0.5) is 9.18 Å². The lowest BCUT2D eigenvalue weighted by atomic mass is 9.82. The highest BCUT2D eigenvalue weighted by atomic mass is 79.9. The van der Waals surface area contributed by atoms with E-state index in [0.29, 0.717) is 25.3 Å². The van der Waals surface area contributed by atoms with E-state index in [0.717, 1.165) is 10.0 Å². The van der Waals surface area contributed by atoms with Crippen molar-refractivity contribution >= 4 is 22.0 Å². The number of ether oxygens (including phenoxy) is 1. The van der Waals surface area contributed by atoms with Gasteiger partial charge in [-0.25, -0.2) is 9.18 Å². The SMILES string of the molecule is O=C(OCc1ccccc1)N1CC2CONC2(c2cc(Br)ccc2F)C1. The van der Waals surface area contributed by atoms with Gasteiger partial charge < -0.3 is 14.5 Å². The molecule has 1 N–H and O–H groups in total. The van der Waals surface area contributed by atoms with Crippen LogP contribution >= 0.6 is 15.9 Å². The molecule has 0 aliphatic carbocycles. The largest absolute Gasteiger partial charge is 0.445 e. The Morgan fingerprint density at radius 2 is 2.15 bits per heavy atom. The quantitative estimate of drug-likeness (QED) is 0.824. The average molecular weight is 421 g/mol. The summed E-state index contributed by atoms with van der Waals surface area (Å²) in [6, 6.07) is 14.3. The highest BCUT2D eigenvalue weighted by Crippen LogP contribution is 2.42. The number of halogens is 2. The molecule has 2 aromatic carbocycles. The van der Waals surface area contributed by atoms with E-state index in [-0.39, 0.29) is 18.3 Å². The summed E-state index contributed by atoms with van der Waals surface area (Å²) in [4.78, 5) is 19.5. The first-order chi connectivity index (χ1) is 12.6. The second kappa shape index (κ2) is 6.98. The maximum absolute atomic E-state index is 14.5. The van der Waals surface area contributed by atoms with E-state index in [2.05, 4.69) is 21.4 Å². The molecule has 136 valence electrons. The Morgan fingerprint density at radius 1 is 1.35 bits per heavy atom. The van der Waals surface area contributed by atoms with Gasteiger partial charge in [0.05, 0.1) is 12.1 Å². The summed E-state index contributed by atoms with van der Waals surface area (Å²) in [5, 5.41) is 0. The number of nitrogens with one attached hydrogen (secondary N) is 1. The number of fused-ring (bicyclic) bond motifs is 1. The molecule has 0 spiro atoms. The minimum absolute atomic E-state index is 0.0458. The third-order valence-corrected chi connectivity index (χ3v) is 5.48. The van der Waals surface area contributed by atoms with Gasteiger partial charge in [-0.2, -0.15) is 5.48 Å². The van der Waals surface area contributed by atoms with Crippen molar-refractivity contribution in [2.45, 2.75) is 12.1 Å². The standard InChI is InChI=1S/C19H18BrFN2O3/c20-15-6-7-17(21)16(8-15)19-12-23(9-14(19)11-26-22-19)18(24)25-10-13-4-2-1-3-5-13/h1-8,14,22H,9-12H2. The summed E-state index contributed by atoms with van der Waals surface area (Å²) in [6.07, 6.45) is -0.403. The molecule has 2 atom stereocenters. The number of benzene rings is 2. The van der Waals surface area contributed by atoms with E-state index in [1.807, 2.05) is 30.3 Å². The molecule has 0 bridgehead atoms. The molecule has 26 heavy (non-hydrogen) atoms. The van der Waals surface area contributed by atoms with Crippen LogP contribution in [0, 0.1) is 11.7 Å². The smallest absolute Gasteiger partial charge is 0.410 e. The summed E-state index contributed by atoms with van der Waals surface area (Å²) in [5.41, 5.74) is 3.62. The van der Waals surface area contributed by atoms with Crippen molar-refractivity contribution in [3.8, 4) is 0 Å².